The zero-order valence-electron chi connectivity index (χ0n) is 12.9. The molecule has 1 saturated heterocycles. The van der Waals surface area contributed by atoms with E-state index in [1.165, 1.54) is 0 Å². The number of nitrogens with zero attached hydrogens (tertiary/aromatic N) is 1. The predicted molar refractivity (Wildman–Crippen MR) is 83.8 cm³/mol. The van der Waals surface area contributed by atoms with Gasteiger partial charge in [-0.3, -0.25) is 0 Å². The molecule has 0 radical (unpaired) electrons. The smallest absolute Gasteiger partial charge is 0.328 e. The van der Waals surface area contributed by atoms with Crippen LogP contribution in [0.15, 0.2) is 23.1 Å². The maximum absolute atomic E-state index is 13.2. The van der Waals surface area contributed by atoms with Crippen LogP contribution in [-0.4, -0.2) is 31.9 Å². The molecule has 2 rings (SSSR count). The SMILES string of the molecule is CC(N)C1CCCN(S(=O)(=O)c2ccc(F)cc2C(F)(F)F)C1.Cl. The number of benzene rings is 1. The van der Waals surface area contributed by atoms with Gasteiger partial charge in [-0.1, -0.05) is 0 Å². The Kier molecular flexibility index (Phi) is 6.65. The van der Waals surface area contributed by atoms with Gasteiger partial charge in [-0.25, -0.2) is 12.8 Å². The van der Waals surface area contributed by atoms with Crippen LogP contribution in [0.25, 0.3) is 0 Å². The predicted octanol–water partition coefficient (Wildman–Crippen LogP) is 3.01. The number of sulfonamides is 1. The third-order valence-corrected chi connectivity index (χ3v) is 5.95. The lowest BCUT2D eigenvalue weighted by molar-refractivity contribution is -0.140. The molecule has 1 aliphatic rings. The summed E-state index contributed by atoms with van der Waals surface area (Å²) in [6.45, 7) is 1.93. The standard InChI is InChI=1S/C14H18F4N2O2S.ClH/c1-9(19)10-3-2-6-20(8-10)23(21,22)13-5-4-11(15)7-12(13)14(16,17)18;/h4-5,7,9-10H,2-3,6,8,19H2,1H3;1H. The molecule has 1 aromatic carbocycles. The Hall–Kier alpha value is -0.900. The number of alkyl halides is 3. The summed E-state index contributed by atoms with van der Waals surface area (Å²) in [6.07, 6.45) is -3.71. The van der Waals surface area contributed by atoms with E-state index in [1.807, 2.05) is 0 Å². The van der Waals surface area contributed by atoms with Crippen LogP contribution in [-0.2, 0) is 16.2 Å². The molecule has 0 aromatic heterocycles. The third-order valence-electron chi connectivity index (χ3n) is 4.03. The zero-order valence-corrected chi connectivity index (χ0v) is 14.5. The minimum absolute atomic E-state index is 0. The van der Waals surface area contributed by atoms with Crippen molar-refractivity contribution in [1.82, 2.24) is 4.31 Å². The highest BCUT2D eigenvalue weighted by Crippen LogP contribution is 2.36. The Balaban J connectivity index is 0.00000288. The average molecular weight is 391 g/mol. The monoisotopic (exact) mass is 390 g/mol. The average Bonchev–Trinajstić information content (AvgIpc) is 2.46. The summed E-state index contributed by atoms with van der Waals surface area (Å²) >= 11 is 0. The lowest BCUT2D eigenvalue weighted by Gasteiger charge is -2.34. The normalized spacial score (nSPS) is 21.2. The van der Waals surface area contributed by atoms with Crippen LogP contribution >= 0.6 is 12.4 Å². The van der Waals surface area contributed by atoms with E-state index < -0.39 is 32.5 Å². The van der Waals surface area contributed by atoms with Crippen LogP contribution in [0.1, 0.15) is 25.3 Å². The molecule has 1 fully saturated rings. The molecular weight excluding hydrogens is 372 g/mol. The number of rotatable bonds is 3. The van der Waals surface area contributed by atoms with Crippen molar-refractivity contribution in [3.63, 3.8) is 0 Å². The molecule has 2 atom stereocenters. The highest BCUT2D eigenvalue weighted by molar-refractivity contribution is 7.89. The molecule has 0 amide bonds. The van der Waals surface area contributed by atoms with Crippen molar-refractivity contribution in [2.24, 2.45) is 11.7 Å². The van der Waals surface area contributed by atoms with Crippen LogP contribution < -0.4 is 5.73 Å². The molecular formula is C14H19ClF4N2O2S. The molecule has 1 heterocycles. The number of hydrogen-bond donors (Lipinski definition) is 1. The highest BCUT2D eigenvalue weighted by atomic mass is 35.5. The topological polar surface area (TPSA) is 63.4 Å². The van der Waals surface area contributed by atoms with Crippen molar-refractivity contribution in [2.75, 3.05) is 13.1 Å². The van der Waals surface area contributed by atoms with Gasteiger partial charge in [0.15, 0.2) is 0 Å². The molecule has 10 heteroatoms. The molecule has 2 N–H and O–H groups in total. The second kappa shape index (κ2) is 7.55. The lowest BCUT2D eigenvalue weighted by atomic mass is 9.93. The van der Waals surface area contributed by atoms with Gasteiger partial charge in [0.25, 0.3) is 0 Å². The van der Waals surface area contributed by atoms with Gasteiger partial charge in [0.05, 0.1) is 10.5 Å². The zero-order chi connectivity index (χ0) is 17.4. The molecule has 0 bridgehead atoms. The summed E-state index contributed by atoms with van der Waals surface area (Å²) in [7, 11) is -4.37. The number of nitrogens with two attached hydrogens (primary N) is 1. The van der Waals surface area contributed by atoms with Gasteiger partial charge < -0.3 is 5.73 Å². The molecule has 1 aliphatic heterocycles. The fourth-order valence-corrected chi connectivity index (χ4v) is 4.44. The maximum atomic E-state index is 13.2. The van der Waals surface area contributed by atoms with Gasteiger partial charge in [0.2, 0.25) is 10.0 Å². The molecule has 0 aliphatic carbocycles. The molecule has 0 saturated carbocycles. The fraction of sp³-hybridized carbons (Fsp3) is 0.571. The summed E-state index contributed by atoms with van der Waals surface area (Å²) in [6, 6.07) is 1.33. The lowest BCUT2D eigenvalue weighted by Crippen LogP contribution is -2.45. The molecule has 2 unspecified atom stereocenters. The molecule has 138 valence electrons. The second-order valence-corrected chi connectivity index (χ2v) is 7.67. The summed E-state index contributed by atoms with van der Waals surface area (Å²) in [5.74, 6) is -1.25. The summed E-state index contributed by atoms with van der Waals surface area (Å²) in [4.78, 5) is -0.920. The van der Waals surface area contributed by atoms with E-state index in [-0.39, 0.29) is 43.5 Å². The van der Waals surface area contributed by atoms with Gasteiger partial charge >= 0.3 is 6.18 Å². The van der Waals surface area contributed by atoms with Crippen molar-refractivity contribution in [3.05, 3.63) is 29.6 Å². The van der Waals surface area contributed by atoms with Crippen molar-refractivity contribution < 1.29 is 26.0 Å². The first-order valence-corrected chi connectivity index (χ1v) is 8.60. The summed E-state index contributed by atoms with van der Waals surface area (Å²) in [5.41, 5.74) is 4.29. The van der Waals surface area contributed by atoms with Gasteiger partial charge in [0, 0.05) is 19.1 Å². The minimum Gasteiger partial charge on any atom is -0.328 e. The van der Waals surface area contributed by atoms with Crippen LogP contribution in [0.2, 0.25) is 0 Å². The van der Waals surface area contributed by atoms with Crippen LogP contribution in [0.3, 0.4) is 0 Å². The van der Waals surface area contributed by atoms with Gasteiger partial charge in [-0.2, -0.15) is 17.5 Å². The van der Waals surface area contributed by atoms with E-state index in [2.05, 4.69) is 0 Å². The summed E-state index contributed by atoms with van der Waals surface area (Å²) < 4.78 is 78.5. The number of halogens is 5. The minimum atomic E-state index is -4.96. The molecule has 0 spiro atoms. The number of piperidine rings is 1. The summed E-state index contributed by atoms with van der Waals surface area (Å²) in [5, 5.41) is 0. The molecule has 1 aromatic rings. The van der Waals surface area contributed by atoms with E-state index >= 15 is 0 Å². The van der Waals surface area contributed by atoms with Crippen molar-refractivity contribution in [3.8, 4) is 0 Å². The van der Waals surface area contributed by atoms with Gasteiger partial charge in [-0.05, 0) is 43.9 Å². The Labute approximate surface area is 144 Å². The highest BCUT2D eigenvalue weighted by Gasteiger charge is 2.40. The Morgan fingerprint density at radius 3 is 2.50 bits per heavy atom. The van der Waals surface area contributed by atoms with E-state index in [0.717, 1.165) is 16.8 Å². The van der Waals surface area contributed by atoms with E-state index in [1.54, 1.807) is 6.92 Å². The van der Waals surface area contributed by atoms with Crippen molar-refractivity contribution in [2.45, 2.75) is 36.9 Å². The third kappa shape index (κ3) is 4.38. The maximum Gasteiger partial charge on any atom is 0.417 e. The largest absolute Gasteiger partial charge is 0.417 e. The first-order valence-electron chi connectivity index (χ1n) is 7.16. The first-order chi connectivity index (χ1) is 10.5. The Bertz CT molecular complexity index is 680. The van der Waals surface area contributed by atoms with Gasteiger partial charge in [-0.15, -0.1) is 12.4 Å². The van der Waals surface area contributed by atoms with E-state index in [4.69, 9.17) is 5.73 Å². The Morgan fingerprint density at radius 2 is 1.96 bits per heavy atom. The Morgan fingerprint density at radius 1 is 1.33 bits per heavy atom. The first kappa shape index (κ1) is 21.1. The van der Waals surface area contributed by atoms with Crippen molar-refractivity contribution >= 4 is 22.4 Å². The van der Waals surface area contributed by atoms with Crippen LogP contribution in [0.4, 0.5) is 17.6 Å². The molecule has 4 nitrogen and oxygen atoms in total. The van der Waals surface area contributed by atoms with Gasteiger partial charge in [0.1, 0.15) is 5.82 Å². The molecule has 24 heavy (non-hydrogen) atoms. The quantitative estimate of drug-likeness (QED) is 0.807. The van der Waals surface area contributed by atoms with E-state index in [9.17, 15) is 26.0 Å². The fourth-order valence-electron chi connectivity index (χ4n) is 2.71. The van der Waals surface area contributed by atoms with Crippen molar-refractivity contribution in [1.29, 1.82) is 0 Å². The van der Waals surface area contributed by atoms with E-state index in [0.29, 0.717) is 12.5 Å². The van der Waals surface area contributed by atoms with Crippen LogP contribution in [0, 0.1) is 11.7 Å². The van der Waals surface area contributed by atoms with Crippen LogP contribution in [0.5, 0.6) is 0 Å². The number of hydrogen-bond acceptors (Lipinski definition) is 3. The second-order valence-electron chi connectivity index (χ2n) is 5.76.